The molecule has 2 heterocycles. The van der Waals surface area contributed by atoms with Crippen molar-refractivity contribution in [1.29, 1.82) is 0 Å². The number of carbonyl (C=O) groups is 1. The highest BCUT2D eigenvalue weighted by Gasteiger charge is 2.32. The molecule has 0 atom stereocenters. The molecule has 1 aliphatic heterocycles. The van der Waals surface area contributed by atoms with Crippen molar-refractivity contribution in [2.75, 3.05) is 27.4 Å². The zero-order valence-electron chi connectivity index (χ0n) is 24.8. The van der Waals surface area contributed by atoms with Crippen molar-refractivity contribution >= 4 is 40.3 Å². The fourth-order valence-corrected chi connectivity index (χ4v) is 6.15. The predicted molar refractivity (Wildman–Crippen MR) is 177 cm³/mol. The molecule has 0 radical (unpaired) electrons. The number of para-hydroxylation sites is 1. The molecule has 1 aliphatic rings. The molecule has 0 unspecified atom stereocenters. The summed E-state index contributed by atoms with van der Waals surface area (Å²) in [6.07, 6.45) is 6.59. The molecule has 0 spiro atoms. The number of aryl methyl sites for hydroxylation is 1. The number of nitrogens with zero attached hydrogens (tertiary/aromatic N) is 3. The van der Waals surface area contributed by atoms with Crippen LogP contribution in [0.5, 0.6) is 17.2 Å². The average molecular weight is 614 g/mol. The Balaban J connectivity index is 1.42. The van der Waals surface area contributed by atoms with Gasteiger partial charge in [-0.2, -0.15) is 5.10 Å². The first-order chi connectivity index (χ1) is 20.9. The molecule has 1 fully saturated rings. The van der Waals surface area contributed by atoms with Crippen molar-refractivity contribution in [2.24, 2.45) is 0 Å². The van der Waals surface area contributed by atoms with Crippen LogP contribution in [0, 0.1) is 6.92 Å². The zero-order chi connectivity index (χ0) is 30.3. The van der Waals surface area contributed by atoms with Crippen LogP contribution in [0.1, 0.15) is 36.5 Å². The Morgan fingerprint density at radius 1 is 1.00 bits per heavy atom. The Hall–Kier alpha value is -4.08. The molecule has 7 nitrogen and oxygen atoms in total. The molecule has 0 aliphatic carbocycles. The maximum atomic E-state index is 13.6. The van der Waals surface area contributed by atoms with Gasteiger partial charge in [-0.3, -0.25) is 9.69 Å². The molecule has 43 heavy (non-hydrogen) atoms. The number of hydrogen-bond acceptors (Lipinski definition) is 7. The van der Waals surface area contributed by atoms with Gasteiger partial charge < -0.3 is 14.2 Å². The standard InChI is InChI=1S/C34H35N3O4S2/c1-5-6-18-41-27-13-14-28(23(2)19-27)32-25(22-37(35-32)26-10-8-7-9-11-26)21-31-33(38)36(34(42)43-31)17-16-24-12-15-29(39-3)30(20-24)40-4/h7-15,19-22H,5-6,16-18H2,1-4H3. The highest BCUT2D eigenvalue weighted by Crippen LogP contribution is 2.36. The number of thiocarbonyl (C=S) groups is 1. The van der Waals surface area contributed by atoms with E-state index in [0.717, 1.165) is 52.2 Å². The summed E-state index contributed by atoms with van der Waals surface area (Å²) < 4.78 is 19.1. The number of aromatic nitrogens is 2. The van der Waals surface area contributed by atoms with E-state index in [0.29, 0.717) is 40.3 Å². The van der Waals surface area contributed by atoms with Gasteiger partial charge in [-0.15, -0.1) is 0 Å². The van der Waals surface area contributed by atoms with Crippen molar-refractivity contribution in [3.63, 3.8) is 0 Å². The average Bonchev–Trinajstić information content (AvgIpc) is 3.56. The molecule has 5 rings (SSSR count). The quantitative estimate of drug-likeness (QED) is 0.0932. The largest absolute Gasteiger partial charge is 0.494 e. The van der Waals surface area contributed by atoms with Gasteiger partial charge in [0.05, 0.1) is 31.4 Å². The van der Waals surface area contributed by atoms with Gasteiger partial charge in [0, 0.05) is 23.9 Å². The molecule has 3 aromatic carbocycles. The summed E-state index contributed by atoms with van der Waals surface area (Å²) in [7, 11) is 3.22. The van der Waals surface area contributed by atoms with E-state index in [9.17, 15) is 4.79 Å². The number of unbranched alkanes of at least 4 members (excludes halogenated alkanes) is 1. The summed E-state index contributed by atoms with van der Waals surface area (Å²) in [6, 6.07) is 21.8. The van der Waals surface area contributed by atoms with Gasteiger partial charge >= 0.3 is 0 Å². The monoisotopic (exact) mass is 613 g/mol. The van der Waals surface area contributed by atoms with Crippen molar-refractivity contribution in [1.82, 2.24) is 14.7 Å². The number of rotatable bonds is 12. The third kappa shape index (κ3) is 6.95. The van der Waals surface area contributed by atoms with Crippen LogP contribution >= 0.6 is 24.0 Å². The van der Waals surface area contributed by atoms with Gasteiger partial charge in [0.1, 0.15) is 15.8 Å². The second kappa shape index (κ2) is 13.9. The van der Waals surface area contributed by atoms with Gasteiger partial charge in [-0.1, -0.05) is 61.6 Å². The fourth-order valence-electron chi connectivity index (χ4n) is 4.85. The van der Waals surface area contributed by atoms with Gasteiger partial charge in [0.25, 0.3) is 5.91 Å². The number of benzene rings is 3. The lowest BCUT2D eigenvalue weighted by Crippen LogP contribution is -2.30. The molecule has 1 saturated heterocycles. The van der Waals surface area contributed by atoms with Crippen LogP contribution in [0.2, 0.25) is 0 Å². The molecule has 9 heteroatoms. The summed E-state index contributed by atoms with van der Waals surface area (Å²) >= 11 is 6.97. The second-order valence-electron chi connectivity index (χ2n) is 10.2. The Morgan fingerprint density at radius 3 is 2.51 bits per heavy atom. The highest BCUT2D eigenvalue weighted by atomic mass is 32.2. The van der Waals surface area contributed by atoms with E-state index in [1.165, 1.54) is 11.8 Å². The Labute approximate surface area is 262 Å². The van der Waals surface area contributed by atoms with Crippen molar-refractivity contribution in [3.05, 3.63) is 94.5 Å². The van der Waals surface area contributed by atoms with Crippen LogP contribution < -0.4 is 14.2 Å². The number of hydrogen-bond donors (Lipinski definition) is 0. The second-order valence-corrected chi connectivity index (χ2v) is 11.8. The van der Waals surface area contributed by atoms with E-state index in [-0.39, 0.29) is 5.91 Å². The number of amides is 1. The Morgan fingerprint density at radius 2 is 1.79 bits per heavy atom. The minimum absolute atomic E-state index is 0.106. The maximum absolute atomic E-state index is 13.6. The Bertz CT molecular complexity index is 1650. The lowest BCUT2D eigenvalue weighted by Gasteiger charge is -2.15. The molecule has 1 aromatic heterocycles. The first kappa shape index (κ1) is 30.4. The first-order valence-electron chi connectivity index (χ1n) is 14.3. The van der Waals surface area contributed by atoms with Crippen LogP contribution in [0.15, 0.2) is 77.8 Å². The summed E-state index contributed by atoms with van der Waals surface area (Å²) in [4.78, 5) is 15.8. The molecule has 0 bridgehead atoms. The molecule has 0 saturated carbocycles. The topological polar surface area (TPSA) is 65.8 Å². The van der Waals surface area contributed by atoms with Gasteiger partial charge in [-0.25, -0.2) is 4.68 Å². The first-order valence-corrected chi connectivity index (χ1v) is 15.5. The summed E-state index contributed by atoms with van der Waals surface area (Å²) in [6.45, 7) is 5.36. The highest BCUT2D eigenvalue weighted by molar-refractivity contribution is 8.26. The fraction of sp³-hybridized carbons (Fsp3) is 0.265. The van der Waals surface area contributed by atoms with E-state index >= 15 is 0 Å². The van der Waals surface area contributed by atoms with Crippen molar-refractivity contribution in [2.45, 2.75) is 33.1 Å². The van der Waals surface area contributed by atoms with E-state index in [1.807, 2.05) is 83.7 Å². The van der Waals surface area contributed by atoms with E-state index in [4.69, 9.17) is 31.5 Å². The number of carbonyl (C=O) groups excluding carboxylic acids is 1. The minimum atomic E-state index is -0.106. The number of ether oxygens (including phenoxy) is 3. The van der Waals surface area contributed by atoms with Crippen LogP contribution in [-0.4, -0.2) is 52.3 Å². The zero-order valence-corrected chi connectivity index (χ0v) is 26.5. The van der Waals surface area contributed by atoms with Crippen LogP contribution in [-0.2, 0) is 11.2 Å². The number of methoxy groups -OCH3 is 2. The van der Waals surface area contributed by atoms with Gasteiger partial charge in [-0.05, 0) is 79.4 Å². The minimum Gasteiger partial charge on any atom is -0.494 e. The lowest BCUT2D eigenvalue weighted by molar-refractivity contribution is -0.122. The lowest BCUT2D eigenvalue weighted by atomic mass is 10.0. The predicted octanol–water partition coefficient (Wildman–Crippen LogP) is 7.49. The SMILES string of the molecule is CCCCOc1ccc(-c2nn(-c3ccccc3)cc2C=C2SC(=S)N(CCc3ccc(OC)c(OC)c3)C2=O)c(C)c1. The third-order valence-electron chi connectivity index (χ3n) is 7.22. The molecule has 222 valence electrons. The van der Waals surface area contributed by atoms with Gasteiger partial charge in [0.2, 0.25) is 0 Å². The van der Waals surface area contributed by atoms with E-state index < -0.39 is 0 Å². The van der Waals surface area contributed by atoms with E-state index in [1.54, 1.807) is 19.1 Å². The van der Waals surface area contributed by atoms with Crippen LogP contribution in [0.3, 0.4) is 0 Å². The number of thioether (sulfide) groups is 1. The summed E-state index contributed by atoms with van der Waals surface area (Å²) in [5.74, 6) is 2.06. The van der Waals surface area contributed by atoms with Crippen molar-refractivity contribution in [3.8, 4) is 34.2 Å². The summed E-state index contributed by atoms with van der Waals surface area (Å²) in [5, 5.41) is 4.97. The van der Waals surface area contributed by atoms with Crippen LogP contribution in [0.4, 0.5) is 0 Å². The van der Waals surface area contributed by atoms with Crippen LogP contribution in [0.25, 0.3) is 23.0 Å². The maximum Gasteiger partial charge on any atom is 0.266 e. The molecular formula is C34H35N3O4S2. The third-order valence-corrected chi connectivity index (χ3v) is 8.59. The van der Waals surface area contributed by atoms with E-state index in [2.05, 4.69) is 13.8 Å². The smallest absolute Gasteiger partial charge is 0.266 e. The molecule has 4 aromatic rings. The summed E-state index contributed by atoms with van der Waals surface area (Å²) in [5.41, 5.74) is 5.61. The molecular weight excluding hydrogens is 579 g/mol. The molecule has 0 N–H and O–H groups in total. The van der Waals surface area contributed by atoms with Crippen molar-refractivity contribution < 1.29 is 19.0 Å². The molecule has 1 amide bonds. The van der Waals surface area contributed by atoms with Gasteiger partial charge in [0.15, 0.2) is 11.5 Å². The normalized spacial score (nSPS) is 14.0. The Kier molecular flexibility index (Phi) is 9.84.